The van der Waals surface area contributed by atoms with Crippen molar-refractivity contribution in [2.45, 2.75) is 49.5 Å². The van der Waals surface area contributed by atoms with Crippen molar-refractivity contribution in [2.75, 3.05) is 6.54 Å². The Morgan fingerprint density at radius 2 is 2.00 bits per heavy atom. The fourth-order valence-corrected chi connectivity index (χ4v) is 5.23. The molecule has 3 heterocycles. The van der Waals surface area contributed by atoms with Gasteiger partial charge < -0.3 is 25.6 Å². The summed E-state index contributed by atoms with van der Waals surface area (Å²) in [6.45, 7) is 1.48. The molecule has 2 aromatic heterocycles. The molecule has 208 valence electrons. The van der Waals surface area contributed by atoms with Crippen LogP contribution < -0.4 is 20.5 Å². The molecule has 41 heavy (non-hydrogen) atoms. The van der Waals surface area contributed by atoms with Crippen LogP contribution in [-0.4, -0.2) is 39.7 Å². The van der Waals surface area contributed by atoms with Crippen molar-refractivity contribution in [3.8, 4) is 33.9 Å². The summed E-state index contributed by atoms with van der Waals surface area (Å²) in [5.74, 6) is 0.537. The van der Waals surface area contributed by atoms with Crippen LogP contribution in [0, 0.1) is 5.82 Å². The lowest BCUT2D eigenvalue weighted by Crippen LogP contribution is -2.39. The van der Waals surface area contributed by atoms with Crippen LogP contribution in [0.4, 0.5) is 4.39 Å². The largest absolute Gasteiger partial charge is 0.490 e. The highest BCUT2D eigenvalue weighted by Crippen LogP contribution is 2.57. The Bertz CT molecular complexity index is 1660. The van der Waals surface area contributed by atoms with Gasteiger partial charge in [0.25, 0.3) is 5.91 Å². The van der Waals surface area contributed by atoms with E-state index in [4.69, 9.17) is 20.2 Å². The number of aliphatic hydroxyl groups is 1. The van der Waals surface area contributed by atoms with Gasteiger partial charge in [0, 0.05) is 46.6 Å². The molecule has 2 aromatic carbocycles. The van der Waals surface area contributed by atoms with Gasteiger partial charge in [-0.25, -0.2) is 9.37 Å². The minimum absolute atomic E-state index is 0.106. The summed E-state index contributed by atoms with van der Waals surface area (Å²) in [4.78, 5) is 22.2. The predicted molar refractivity (Wildman–Crippen MR) is 150 cm³/mol. The minimum atomic E-state index is -1.54. The third-order valence-electron chi connectivity index (χ3n) is 7.97. The summed E-state index contributed by atoms with van der Waals surface area (Å²) in [5, 5.41) is 14.4. The lowest BCUT2D eigenvalue weighted by molar-refractivity contribution is 0.0489. The molecule has 4 aromatic rings. The van der Waals surface area contributed by atoms with Crippen molar-refractivity contribution >= 4 is 5.91 Å². The lowest BCUT2D eigenvalue weighted by atomic mass is 9.94. The summed E-state index contributed by atoms with van der Waals surface area (Å²) < 4.78 is 25.8. The molecule has 3 aliphatic rings. The van der Waals surface area contributed by atoms with Crippen molar-refractivity contribution in [1.29, 1.82) is 0 Å². The third kappa shape index (κ3) is 4.71. The van der Waals surface area contributed by atoms with E-state index < -0.39 is 11.1 Å². The van der Waals surface area contributed by atoms with E-state index in [0.717, 1.165) is 29.5 Å². The normalized spacial score (nSPS) is 21.7. The summed E-state index contributed by atoms with van der Waals surface area (Å²) in [6.07, 6.45) is 6.18. The van der Waals surface area contributed by atoms with E-state index >= 15 is 0 Å². The first-order chi connectivity index (χ1) is 19.7. The monoisotopic (exact) mass is 552 g/mol. The second kappa shape index (κ2) is 9.36. The summed E-state index contributed by atoms with van der Waals surface area (Å²) >= 11 is 0. The Hall–Kier alpha value is -4.34. The molecule has 9 heteroatoms. The number of rotatable bonds is 8. The van der Waals surface area contributed by atoms with Crippen molar-refractivity contribution < 1.29 is 23.8 Å². The fraction of sp³-hybridized carbons (Fsp3) is 0.281. The molecule has 0 bridgehead atoms. The topological polar surface area (TPSA) is 120 Å². The molecule has 4 N–H and O–H groups in total. The first kappa shape index (κ1) is 25.6. The van der Waals surface area contributed by atoms with E-state index in [0.29, 0.717) is 40.4 Å². The van der Waals surface area contributed by atoms with Crippen LogP contribution in [-0.2, 0) is 11.1 Å². The number of nitrogens with two attached hydrogens (primary N) is 1. The predicted octanol–water partition coefficient (Wildman–Crippen LogP) is 4.45. The number of halogens is 1. The molecule has 7 rings (SSSR count). The van der Waals surface area contributed by atoms with Crippen LogP contribution in [0.25, 0.3) is 22.4 Å². The number of hydrogen-bond acceptors (Lipinski definition) is 7. The number of carbonyl (C=O) groups excluding carboxylic acids is 1. The van der Waals surface area contributed by atoms with Crippen LogP contribution >= 0.6 is 0 Å². The van der Waals surface area contributed by atoms with Crippen molar-refractivity contribution in [1.82, 2.24) is 15.3 Å². The number of ether oxygens (including phenoxy) is 2. The molecule has 1 amide bonds. The van der Waals surface area contributed by atoms with Crippen molar-refractivity contribution in [3.63, 3.8) is 0 Å². The summed E-state index contributed by atoms with van der Waals surface area (Å²) in [6, 6.07) is 16.7. The minimum Gasteiger partial charge on any atom is -0.490 e. The number of benzene rings is 2. The number of hydrogen-bond donors (Lipinski definition) is 3. The molecule has 1 aliphatic heterocycles. The Morgan fingerprint density at radius 1 is 1.20 bits per heavy atom. The first-order valence-corrected chi connectivity index (χ1v) is 13.7. The molecule has 8 nitrogen and oxygen atoms in total. The molecule has 2 aliphatic carbocycles. The van der Waals surface area contributed by atoms with E-state index in [1.54, 1.807) is 55.7 Å². The molecular formula is C32H29FN4O4. The highest BCUT2D eigenvalue weighted by molar-refractivity contribution is 5.96. The van der Waals surface area contributed by atoms with E-state index in [1.807, 2.05) is 12.1 Å². The van der Waals surface area contributed by atoms with Gasteiger partial charge in [0.2, 0.25) is 0 Å². The zero-order valence-corrected chi connectivity index (χ0v) is 22.4. The van der Waals surface area contributed by atoms with Gasteiger partial charge in [-0.3, -0.25) is 9.78 Å². The Morgan fingerprint density at radius 3 is 2.73 bits per heavy atom. The van der Waals surface area contributed by atoms with Crippen LogP contribution in [0.2, 0.25) is 0 Å². The van der Waals surface area contributed by atoms with E-state index in [1.165, 1.54) is 12.1 Å². The molecule has 2 unspecified atom stereocenters. The van der Waals surface area contributed by atoms with Gasteiger partial charge in [0.1, 0.15) is 29.0 Å². The van der Waals surface area contributed by atoms with Gasteiger partial charge >= 0.3 is 0 Å². The lowest BCUT2D eigenvalue weighted by Gasteiger charge is -2.25. The van der Waals surface area contributed by atoms with Gasteiger partial charge in [-0.15, -0.1) is 0 Å². The maximum atomic E-state index is 13.6. The van der Waals surface area contributed by atoms with E-state index in [-0.39, 0.29) is 30.5 Å². The van der Waals surface area contributed by atoms with Gasteiger partial charge in [0.05, 0.1) is 23.9 Å². The maximum Gasteiger partial charge on any atom is 0.251 e. The maximum absolute atomic E-state index is 13.6. The number of nitrogens with one attached hydrogen (secondary N) is 1. The van der Waals surface area contributed by atoms with Crippen molar-refractivity contribution in [3.05, 3.63) is 95.7 Å². The van der Waals surface area contributed by atoms with Crippen LogP contribution in [0.5, 0.6) is 11.5 Å². The molecule has 0 spiro atoms. The van der Waals surface area contributed by atoms with Crippen molar-refractivity contribution in [2.24, 2.45) is 5.73 Å². The second-order valence-electron chi connectivity index (χ2n) is 11.3. The van der Waals surface area contributed by atoms with Gasteiger partial charge in [-0.1, -0.05) is 6.07 Å². The highest BCUT2D eigenvalue weighted by Gasteiger charge is 2.62. The van der Waals surface area contributed by atoms with Gasteiger partial charge in [-0.05, 0) is 74.4 Å². The van der Waals surface area contributed by atoms with Crippen LogP contribution in [0.1, 0.15) is 47.8 Å². The van der Waals surface area contributed by atoms with Crippen LogP contribution in [0.3, 0.4) is 0 Å². The number of aromatic nitrogens is 2. The number of pyridine rings is 2. The number of nitrogens with zero attached hydrogens (tertiary/aromatic N) is 2. The summed E-state index contributed by atoms with van der Waals surface area (Å²) in [5.41, 5.74) is 8.65. The standard InChI is InChI=1S/C32H29FN4O4/c1-31(39,26-14-24-29(41-27-15-32(24,27)34)28(37-26)18-4-7-21(33)8-5-18)17-36-30(38)19-6-11-25(40-22-9-10-22)23(13-19)20-3-2-12-35-16-20/h2-8,11-14,16,22,27,39H,9-10,15,17,34H2,1H3,(H,36,38)/t27?,31?,32-/m1/s1. The first-order valence-electron chi connectivity index (χ1n) is 13.7. The smallest absolute Gasteiger partial charge is 0.251 e. The zero-order chi connectivity index (χ0) is 28.4. The molecule has 0 saturated heterocycles. The van der Waals surface area contributed by atoms with Gasteiger partial charge in [-0.2, -0.15) is 0 Å². The quantitative estimate of drug-likeness (QED) is 0.296. The Balaban J connectivity index is 1.16. The average molecular weight is 553 g/mol. The molecule has 3 atom stereocenters. The van der Waals surface area contributed by atoms with Crippen LogP contribution in [0.15, 0.2) is 73.1 Å². The fourth-order valence-electron chi connectivity index (χ4n) is 5.23. The average Bonchev–Trinajstić information content (AvgIpc) is 3.90. The van der Waals surface area contributed by atoms with E-state index in [9.17, 15) is 14.3 Å². The van der Waals surface area contributed by atoms with Gasteiger partial charge in [0.15, 0.2) is 5.75 Å². The molecule has 2 saturated carbocycles. The number of fused-ring (bicyclic) bond motifs is 3. The molecule has 0 radical (unpaired) electrons. The Kier molecular flexibility index (Phi) is 5.85. The highest BCUT2D eigenvalue weighted by atomic mass is 19.1. The molecular weight excluding hydrogens is 523 g/mol. The third-order valence-corrected chi connectivity index (χ3v) is 7.97. The number of carbonyl (C=O) groups is 1. The molecule has 2 fully saturated rings. The summed E-state index contributed by atoms with van der Waals surface area (Å²) in [7, 11) is 0. The van der Waals surface area contributed by atoms with E-state index in [2.05, 4.69) is 10.3 Å². The SMILES string of the molecule is CC(O)(CNC(=O)c1ccc(OC2CC2)c(-c2cccnc2)c1)c1cc2c(c(-c3ccc(F)cc3)n1)OC1C[C@@]21N. The second-order valence-corrected chi connectivity index (χ2v) is 11.3. The number of amides is 1. The zero-order valence-electron chi connectivity index (χ0n) is 22.4. The Labute approximate surface area is 236 Å².